The smallest absolute Gasteiger partial charge is 0.252 e. The largest absolute Gasteiger partial charge is 0.350 e. The first-order chi connectivity index (χ1) is 8.97. The van der Waals surface area contributed by atoms with Crippen LogP contribution < -0.4 is 5.32 Å². The molecule has 0 saturated carbocycles. The van der Waals surface area contributed by atoms with Gasteiger partial charge in [-0.3, -0.25) is 9.00 Å². The monoisotopic (exact) mass is 296 g/mol. The van der Waals surface area contributed by atoms with E-state index in [0.29, 0.717) is 18.7 Å². The Labute approximate surface area is 117 Å². The Morgan fingerprint density at radius 2 is 2.11 bits per heavy atom. The van der Waals surface area contributed by atoms with Gasteiger partial charge in [0.1, 0.15) is 0 Å². The summed E-state index contributed by atoms with van der Waals surface area (Å²) in [7, 11) is -2.08. The molecule has 1 amide bonds. The fourth-order valence-corrected chi connectivity index (χ4v) is 3.16. The third-order valence-corrected chi connectivity index (χ3v) is 4.29. The molecule has 2 rings (SSSR count). The molecule has 0 spiro atoms. The summed E-state index contributed by atoms with van der Waals surface area (Å²) < 4.78 is 16.4. The van der Waals surface area contributed by atoms with Crippen molar-refractivity contribution in [1.82, 2.24) is 5.32 Å². The van der Waals surface area contributed by atoms with E-state index >= 15 is 0 Å². The second-order valence-corrected chi connectivity index (χ2v) is 7.97. The summed E-state index contributed by atoms with van der Waals surface area (Å²) >= 11 is 1.56. The lowest BCUT2D eigenvalue weighted by Gasteiger charge is -2.02. The molecular formula is C13H16N2O2S2. The molecule has 0 aliphatic heterocycles. The third kappa shape index (κ3) is 3.78. The van der Waals surface area contributed by atoms with Crippen molar-refractivity contribution in [3.05, 3.63) is 35.2 Å². The van der Waals surface area contributed by atoms with Gasteiger partial charge in [-0.25, -0.2) is 4.36 Å². The Bertz CT molecular complexity index is 704. The Kier molecular flexibility index (Phi) is 4.21. The van der Waals surface area contributed by atoms with Gasteiger partial charge in [0.05, 0.1) is 12.1 Å². The van der Waals surface area contributed by atoms with Crippen molar-refractivity contribution in [2.24, 2.45) is 4.36 Å². The van der Waals surface area contributed by atoms with Crippen molar-refractivity contribution in [3.63, 3.8) is 0 Å². The van der Waals surface area contributed by atoms with Crippen LogP contribution in [0.15, 0.2) is 34.0 Å². The minimum Gasteiger partial charge on any atom is -0.350 e. The van der Waals surface area contributed by atoms with Crippen molar-refractivity contribution in [2.45, 2.75) is 0 Å². The lowest BCUT2D eigenvalue weighted by Crippen LogP contribution is -2.26. The molecule has 102 valence electrons. The van der Waals surface area contributed by atoms with Gasteiger partial charge in [0, 0.05) is 44.3 Å². The Hall–Kier alpha value is -1.40. The topological polar surface area (TPSA) is 58.5 Å². The number of hydrogen-bond donors (Lipinski definition) is 1. The number of carbonyl (C=O) groups excluding carboxylic acids is 1. The zero-order valence-electron chi connectivity index (χ0n) is 10.9. The SMILES string of the molecule is CS(C)(=O)=NCCNC(=O)c1csc2ccccc12. The summed E-state index contributed by atoms with van der Waals surface area (Å²) in [6.45, 7) is 0.779. The Morgan fingerprint density at radius 3 is 2.84 bits per heavy atom. The number of benzene rings is 1. The zero-order valence-corrected chi connectivity index (χ0v) is 12.5. The molecule has 1 heterocycles. The van der Waals surface area contributed by atoms with Gasteiger partial charge in [0.15, 0.2) is 0 Å². The summed E-state index contributed by atoms with van der Waals surface area (Å²) in [5.41, 5.74) is 0.689. The minimum absolute atomic E-state index is 0.105. The highest BCUT2D eigenvalue weighted by atomic mass is 32.2. The first-order valence-corrected chi connectivity index (χ1v) is 9.06. The normalized spacial score (nSPS) is 11.5. The number of thiophene rings is 1. The Morgan fingerprint density at radius 1 is 1.37 bits per heavy atom. The number of hydrogen-bond acceptors (Lipinski definition) is 4. The molecule has 1 aromatic carbocycles. The van der Waals surface area contributed by atoms with Crippen LogP contribution in [0.25, 0.3) is 10.1 Å². The number of rotatable bonds is 4. The first kappa shape index (κ1) is 14.0. The van der Waals surface area contributed by atoms with Crippen LogP contribution in [0.2, 0.25) is 0 Å². The summed E-state index contributed by atoms with van der Waals surface area (Å²) in [5, 5.41) is 5.63. The molecule has 0 saturated heterocycles. The van der Waals surface area contributed by atoms with Gasteiger partial charge >= 0.3 is 0 Å². The fraction of sp³-hybridized carbons (Fsp3) is 0.308. The minimum atomic E-state index is -2.08. The first-order valence-electron chi connectivity index (χ1n) is 5.85. The third-order valence-electron chi connectivity index (χ3n) is 2.53. The van der Waals surface area contributed by atoms with E-state index in [-0.39, 0.29) is 5.91 Å². The van der Waals surface area contributed by atoms with Gasteiger partial charge in [0.25, 0.3) is 5.91 Å². The van der Waals surface area contributed by atoms with Gasteiger partial charge in [-0.2, -0.15) is 0 Å². The van der Waals surface area contributed by atoms with Crippen LogP contribution in [0.4, 0.5) is 0 Å². The molecule has 0 aliphatic rings. The summed E-state index contributed by atoms with van der Waals surface area (Å²) in [6.07, 6.45) is 3.17. The average molecular weight is 296 g/mol. The molecule has 19 heavy (non-hydrogen) atoms. The second kappa shape index (κ2) is 5.71. The summed E-state index contributed by atoms with van der Waals surface area (Å²) in [5.74, 6) is -0.105. The van der Waals surface area contributed by atoms with Gasteiger partial charge < -0.3 is 5.32 Å². The molecule has 0 atom stereocenters. The van der Waals surface area contributed by atoms with E-state index in [2.05, 4.69) is 9.68 Å². The molecule has 0 fully saturated rings. The lowest BCUT2D eigenvalue weighted by molar-refractivity contribution is 0.0957. The van der Waals surface area contributed by atoms with Gasteiger partial charge in [0.2, 0.25) is 0 Å². The molecule has 2 aromatic rings. The van der Waals surface area contributed by atoms with E-state index in [4.69, 9.17) is 0 Å². The highest BCUT2D eigenvalue weighted by Crippen LogP contribution is 2.25. The predicted molar refractivity (Wildman–Crippen MR) is 81.4 cm³/mol. The maximum absolute atomic E-state index is 12.0. The number of fused-ring (bicyclic) bond motifs is 1. The molecule has 4 nitrogen and oxygen atoms in total. The van der Waals surface area contributed by atoms with E-state index in [1.54, 1.807) is 23.8 Å². The molecule has 0 unspecified atom stereocenters. The number of nitrogens with zero attached hydrogens (tertiary/aromatic N) is 1. The van der Waals surface area contributed by atoms with Crippen molar-refractivity contribution in [3.8, 4) is 0 Å². The summed E-state index contributed by atoms with van der Waals surface area (Å²) in [6, 6.07) is 7.81. The Balaban J connectivity index is 2.03. The number of nitrogens with one attached hydrogen (secondary N) is 1. The van der Waals surface area contributed by atoms with Crippen LogP contribution in [-0.2, 0) is 9.73 Å². The maximum atomic E-state index is 12.0. The van der Waals surface area contributed by atoms with Crippen LogP contribution in [0.1, 0.15) is 10.4 Å². The van der Waals surface area contributed by atoms with Crippen molar-refractivity contribution in [2.75, 3.05) is 25.6 Å². The van der Waals surface area contributed by atoms with Crippen LogP contribution >= 0.6 is 11.3 Å². The summed E-state index contributed by atoms with van der Waals surface area (Å²) in [4.78, 5) is 12.0. The molecule has 1 aromatic heterocycles. The molecule has 0 bridgehead atoms. The van der Waals surface area contributed by atoms with Crippen molar-refractivity contribution < 1.29 is 9.00 Å². The van der Waals surface area contributed by atoms with Crippen molar-refractivity contribution in [1.29, 1.82) is 0 Å². The molecule has 6 heteroatoms. The van der Waals surface area contributed by atoms with Crippen molar-refractivity contribution >= 4 is 37.1 Å². The quantitative estimate of drug-likeness (QED) is 0.881. The van der Waals surface area contributed by atoms with Crippen LogP contribution in [0.3, 0.4) is 0 Å². The van der Waals surface area contributed by atoms with Gasteiger partial charge in [-0.1, -0.05) is 18.2 Å². The number of carbonyl (C=O) groups is 1. The molecular weight excluding hydrogens is 280 g/mol. The standard InChI is InChI=1S/C13H16N2O2S2/c1-19(2,17)15-8-7-14-13(16)11-9-18-12-6-4-3-5-10(11)12/h3-6,9H,7-8H2,1-2H3,(H,14,16). The van der Waals surface area contributed by atoms with Crippen LogP contribution in [0, 0.1) is 0 Å². The van der Waals surface area contributed by atoms with E-state index < -0.39 is 9.73 Å². The van der Waals surface area contributed by atoms with Crippen LogP contribution in [-0.4, -0.2) is 35.7 Å². The van der Waals surface area contributed by atoms with E-state index in [1.807, 2.05) is 29.6 Å². The predicted octanol–water partition coefficient (Wildman–Crippen LogP) is 2.36. The van der Waals surface area contributed by atoms with Crippen LogP contribution in [0.5, 0.6) is 0 Å². The van der Waals surface area contributed by atoms with E-state index in [9.17, 15) is 9.00 Å². The van der Waals surface area contributed by atoms with Gasteiger partial charge in [-0.05, 0) is 6.07 Å². The maximum Gasteiger partial charge on any atom is 0.252 e. The fourth-order valence-electron chi connectivity index (χ4n) is 1.68. The highest BCUT2D eigenvalue weighted by Gasteiger charge is 2.10. The molecule has 0 radical (unpaired) electrons. The van der Waals surface area contributed by atoms with E-state index in [1.165, 1.54) is 0 Å². The molecule has 0 aliphatic carbocycles. The number of amides is 1. The zero-order chi connectivity index (χ0) is 13.9. The van der Waals surface area contributed by atoms with Gasteiger partial charge in [-0.15, -0.1) is 11.3 Å². The van der Waals surface area contributed by atoms with E-state index in [0.717, 1.165) is 10.1 Å². The average Bonchev–Trinajstić information content (AvgIpc) is 2.77. The highest BCUT2D eigenvalue weighted by molar-refractivity contribution is 7.92. The lowest BCUT2D eigenvalue weighted by atomic mass is 10.2. The molecule has 1 N–H and O–H groups in total. The second-order valence-electron chi connectivity index (χ2n) is 4.44.